The maximum Gasteiger partial charge on any atom is 0.255 e. The molecule has 0 spiro atoms. The topological polar surface area (TPSA) is 66.9 Å². The molecule has 3 rings (SSSR count). The number of benzene rings is 2. The third-order valence-electron chi connectivity index (χ3n) is 6.08. The number of hydrogen-bond acceptors (Lipinski definition) is 4. The first-order chi connectivity index (χ1) is 15.3. The first kappa shape index (κ1) is 24.7. The van der Waals surface area contributed by atoms with Crippen molar-refractivity contribution in [2.24, 2.45) is 0 Å². The fraction of sp³-hybridized carbons (Fsp3) is 0.458. The Bertz CT molecular complexity index is 1050. The largest absolute Gasteiger partial charge is 0.383 e. The number of fused-ring (bicyclic) bond motifs is 1. The van der Waals surface area contributed by atoms with Gasteiger partial charge in [0, 0.05) is 32.8 Å². The summed E-state index contributed by atoms with van der Waals surface area (Å²) >= 11 is 6.38. The van der Waals surface area contributed by atoms with Crippen LogP contribution in [0.25, 0.3) is 0 Å². The Hall–Kier alpha value is -1.93. The van der Waals surface area contributed by atoms with Crippen molar-refractivity contribution in [2.45, 2.75) is 50.6 Å². The second kappa shape index (κ2) is 10.8. The standard InChI is InChI=1S/C24H31ClN2O4S/c1-4-20(5-2)27(14-15-31-3)24(28)22-16-21(10-11-23(22)25)32(29,30)26-13-12-18-8-6-7-9-19(18)17-26/h6-11,16,20H,4-5,12-15,17H2,1-3H3. The number of nitrogens with zero attached hydrogens (tertiary/aromatic N) is 2. The molecule has 174 valence electrons. The average molecular weight is 479 g/mol. The molecular formula is C24H31ClN2O4S. The predicted molar refractivity (Wildman–Crippen MR) is 126 cm³/mol. The second-order valence-corrected chi connectivity index (χ2v) is 10.3. The summed E-state index contributed by atoms with van der Waals surface area (Å²) in [4.78, 5) is 15.2. The number of carbonyl (C=O) groups is 1. The van der Waals surface area contributed by atoms with Crippen LogP contribution in [0.2, 0.25) is 5.02 Å². The Morgan fingerprint density at radius 2 is 1.84 bits per heavy atom. The fourth-order valence-corrected chi connectivity index (χ4v) is 5.82. The van der Waals surface area contributed by atoms with Gasteiger partial charge in [0.15, 0.2) is 0 Å². The monoisotopic (exact) mass is 478 g/mol. The van der Waals surface area contributed by atoms with Crippen LogP contribution in [0.4, 0.5) is 0 Å². The molecule has 0 aliphatic carbocycles. The lowest BCUT2D eigenvalue weighted by molar-refractivity contribution is 0.0589. The Morgan fingerprint density at radius 3 is 2.50 bits per heavy atom. The summed E-state index contributed by atoms with van der Waals surface area (Å²) in [7, 11) is -2.18. The van der Waals surface area contributed by atoms with E-state index < -0.39 is 10.0 Å². The molecule has 0 saturated heterocycles. The highest BCUT2D eigenvalue weighted by molar-refractivity contribution is 7.89. The number of sulfonamides is 1. The van der Waals surface area contributed by atoms with E-state index in [1.165, 1.54) is 28.1 Å². The lowest BCUT2D eigenvalue weighted by Crippen LogP contribution is -2.42. The Morgan fingerprint density at radius 1 is 1.16 bits per heavy atom. The van der Waals surface area contributed by atoms with Crippen LogP contribution < -0.4 is 0 Å². The van der Waals surface area contributed by atoms with Crippen molar-refractivity contribution in [3.8, 4) is 0 Å². The first-order valence-corrected chi connectivity index (χ1v) is 12.8. The van der Waals surface area contributed by atoms with Crippen LogP contribution >= 0.6 is 11.6 Å². The number of methoxy groups -OCH3 is 1. The Labute approximate surface area is 196 Å². The molecule has 32 heavy (non-hydrogen) atoms. The number of rotatable bonds is 9. The van der Waals surface area contributed by atoms with Gasteiger partial charge >= 0.3 is 0 Å². The summed E-state index contributed by atoms with van der Waals surface area (Å²) in [5.41, 5.74) is 2.38. The summed E-state index contributed by atoms with van der Waals surface area (Å²) in [6.45, 7) is 5.58. The van der Waals surface area contributed by atoms with Crippen LogP contribution in [0.5, 0.6) is 0 Å². The second-order valence-electron chi connectivity index (χ2n) is 7.96. The van der Waals surface area contributed by atoms with E-state index in [1.807, 2.05) is 38.1 Å². The molecule has 1 heterocycles. The molecule has 6 nitrogen and oxygen atoms in total. The SMILES string of the molecule is CCC(CC)N(CCOC)C(=O)c1cc(S(=O)(=O)N2CCc3ccccc3C2)ccc1Cl. The molecular weight excluding hydrogens is 448 g/mol. The van der Waals surface area contributed by atoms with E-state index in [0.717, 1.165) is 18.4 Å². The van der Waals surface area contributed by atoms with Gasteiger partial charge < -0.3 is 9.64 Å². The van der Waals surface area contributed by atoms with E-state index in [9.17, 15) is 13.2 Å². The van der Waals surface area contributed by atoms with Crippen molar-refractivity contribution < 1.29 is 17.9 Å². The lowest BCUT2D eigenvalue weighted by atomic mass is 10.0. The zero-order valence-electron chi connectivity index (χ0n) is 18.9. The maximum atomic E-state index is 13.4. The zero-order chi connectivity index (χ0) is 23.3. The summed E-state index contributed by atoms with van der Waals surface area (Å²) < 4.78 is 33.5. The third-order valence-corrected chi connectivity index (χ3v) is 8.25. The molecule has 1 aliphatic rings. The first-order valence-electron chi connectivity index (χ1n) is 11.0. The van der Waals surface area contributed by atoms with Gasteiger partial charge in [-0.15, -0.1) is 0 Å². The van der Waals surface area contributed by atoms with Crippen molar-refractivity contribution in [1.82, 2.24) is 9.21 Å². The molecule has 2 aromatic rings. The summed E-state index contributed by atoms with van der Waals surface area (Å²) in [5.74, 6) is -0.276. The highest BCUT2D eigenvalue weighted by Crippen LogP contribution is 2.28. The van der Waals surface area contributed by atoms with E-state index >= 15 is 0 Å². The molecule has 0 atom stereocenters. The molecule has 0 fully saturated rings. The van der Waals surface area contributed by atoms with Gasteiger partial charge in [-0.3, -0.25) is 4.79 Å². The zero-order valence-corrected chi connectivity index (χ0v) is 20.5. The number of ether oxygens (including phenoxy) is 1. The van der Waals surface area contributed by atoms with E-state index in [2.05, 4.69) is 0 Å². The number of hydrogen-bond donors (Lipinski definition) is 0. The van der Waals surface area contributed by atoms with Crippen molar-refractivity contribution in [3.63, 3.8) is 0 Å². The molecule has 0 bridgehead atoms. The highest BCUT2D eigenvalue weighted by atomic mass is 35.5. The third kappa shape index (κ3) is 5.17. The minimum Gasteiger partial charge on any atom is -0.383 e. The van der Waals surface area contributed by atoms with E-state index in [4.69, 9.17) is 16.3 Å². The van der Waals surface area contributed by atoms with Crippen LogP contribution in [0.3, 0.4) is 0 Å². The molecule has 0 N–H and O–H groups in total. The van der Waals surface area contributed by atoms with Gasteiger partial charge in [0.2, 0.25) is 10.0 Å². The van der Waals surface area contributed by atoms with Gasteiger partial charge in [-0.25, -0.2) is 8.42 Å². The van der Waals surface area contributed by atoms with Crippen LogP contribution in [0, 0.1) is 0 Å². The van der Waals surface area contributed by atoms with Gasteiger partial charge in [0.05, 0.1) is 22.1 Å². The predicted octanol–water partition coefficient (Wildman–Crippen LogP) is 4.36. The summed E-state index contributed by atoms with van der Waals surface area (Å²) in [6, 6.07) is 12.3. The van der Waals surface area contributed by atoms with Crippen molar-refractivity contribution in [1.29, 1.82) is 0 Å². The van der Waals surface area contributed by atoms with Crippen LogP contribution in [0.1, 0.15) is 48.2 Å². The maximum absolute atomic E-state index is 13.4. The number of amides is 1. The molecule has 0 saturated carbocycles. The molecule has 1 aliphatic heterocycles. The molecule has 0 radical (unpaired) electrons. The molecule has 2 aromatic carbocycles. The molecule has 1 amide bonds. The van der Waals surface area contributed by atoms with E-state index in [1.54, 1.807) is 12.0 Å². The normalized spacial score (nSPS) is 14.4. The van der Waals surface area contributed by atoms with Crippen molar-refractivity contribution >= 4 is 27.5 Å². The van der Waals surface area contributed by atoms with Gasteiger partial charge in [-0.1, -0.05) is 49.7 Å². The van der Waals surface area contributed by atoms with E-state index in [-0.39, 0.29) is 27.4 Å². The van der Waals surface area contributed by atoms with Crippen LogP contribution in [-0.4, -0.2) is 56.4 Å². The Kier molecular flexibility index (Phi) is 8.33. The molecule has 0 unspecified atom stereocenters. The quantitative estimate of drug-likeness (QED) is 0.537. The number of carbonyl (C=O) groups excluding carboxylic acids is 1. The minimum absolute atomic E-state index is 0.0209. The lowest BCUT2D eigenvalue weighted by Gasteiger charge is -2.31. The fourth-order valence-electron chi connectivity index (χ4n) is 4.18. The Balaban J connectivity index is 1.92. The van der Waals surface area contributed by atoms with Gasteiger partial charge in [-0.2, -0.15) is 4.31 Å². The molecule has 0 aromatic heterocycles. The highest BCUT2D eigenvalue weighted by Gasteiger charge is 2.30. The van der Waals surface area contributed by atoms with Crippen LogP contribution in [-0.2, 0) is 27.7 Å². The van der Waals surface area contributed by atoms with Crippen molar-refractivity contribution in [2.75, 3.05) is 26.8 Å². The average Bonchev–Trinajstić information content (AvgIpc) is 2.81. The van der Waals surface area contributed by atoms with Crippen LogP contribution in [0.15, 0.2) is 47.4 Å². The van der Waals surface area contributed by atoms with Gasteiger partial charge in [-0.05, 0) is 48.6 Å². The van der Waals surface area contributed by atoms with Gasteiger partial charge in [0.25, 0.3) is 5.91 Å². The minimum atomic E-state index is -3.77. The summed E-state index contributed by atoms with van der Waals surface area (Å²) in [6.07, 6.45) is 2.23. The van der Waals surface area contributed by atoms with Crippen molar-refractivity contribution in [3.05, 3.63) is 64.2 Å². The summed E-state index contributed by atoms with van der Waals surface area (Å²) in [5, 5.41) is 0.242. The molecule has 8 heteroatoms. The van der Waals surface area contributed by atoms with E-state index in [0.29, 0.717) is 32.7 Å². The number of halogens is 1. The smallest absolute Gasteiger partial charge is 0.255 e. The van der Waals surface area contributed by atoms with Gasteiger partial charge in [0.1, 0.15) is 0 Å².